The number of methoxy groups -OCH3 is 1. The molecule has 1 aliphatic rings. The van der Waals surface area contributed by atoms with Crippen LogP contribution in [0.5, 0.6) is 5.75 Å². The van der Waals surface area contributed by atoms with Crippen molar-refractivity contribution in [1.82, 2.24) is 9.80 Å². The van der Waals surface area contributed by atoms with E-state index in [-0.39, 0.29) is 18.6 Å². The van der Waals surface area contributed by atoms with E-state index in [0.717, 1.165) is 13.0 Å². The number of hydrogen-bond acceptors (Lipinski definition) is 5. The van der Waals surface area contributed by atoms with Crippen molar-refractivity contribution in [2.75, 3.05) is 39.8 Å². The Labute approximate surface area is 124 Å². The van der Waals surface area contributed by atoms with Gasteiger partial charge in [-0.2, -0.15) is 0 Å². The summed E-state index contributed by atoms with van der Waals surface area (Å²) in [5.41, 5.74) is 0. The minimum Gasteiger partial charge on any atom is -0.468 e. The summed E-state index contributed by atoms with van der Waals surface area (Å²) < 4.78 is 9.98. The summed E-state index contributed by atoms with van der Waals surface area (Å²) in [6.45, 7) is 2.84. The number of nitrogens with zero attached hydrogens (tertiary/aromatic N) is 2. The zero-order chi connectivity index (χ0) is 15.1. The van der Waals surface area contributed by atoms with Crippen LogP contribution in [-0.2, 0) is 9.53 Å². The van der Waals surface area contributed by atoms with Gasteiger partial charge >= 0.3 is 12.1 Å². The van der Waals surface area contributed by atoms with Crippen LogP contribution >= 0.6 is 0 Å². The van der Waals surface area contributed by atoms with Crippen molar-refractivity contribution in [3.63, 3.8) is 0 Å². The summed E-state index contributed by atoms with van der Waals surface area (Å²) >= 11 is 0. The van der Waals surface area contributed by atoms with Crippen molar-refractivity contribution >= 4 is 12.1 Å². The molecule has 0 atom stereocenters. The van der Waals surface area contributed by atoms with Crippen LogP contribution in [-0.4, -0.2) is 61.7 Å². The van der Waals surface area contributed by atoms with Crippen molar-refractivity contribution in [2.24, 2.45) is 0 Å². The molecule has 1 aliphatic heterocycles. The molecule has 1 amide bonds. The van der Waals surface area contributed by atoms with Crippen molar-refractivity contribution in [1.29, 1.82) is 0 Å². The van der Waals surface area contributed by atoms with Gasteiger partial charge in [-0.15, -0.1) is 0 Å². The average Bonchev–Trinajstić information content (AvgIpc) is 2.74. The smallest absolute Gasteiger partial charge is 0.415 e. The van der Waals surface area contributed by atoms with Gasteiger partial charge in [0.25, 0.3) is 0 Å². The van der Waals surface area contributed by atoms with Gasteiger partial charge in [-0.1, -0.05) is 18.2 Å². The third-order valence-corrected chi connectivity index (χ3v) is 3.38. The molecule has 1 aromatic carbocycles. The fourth-order valence-electron chi connectivity index (χ4n) is 2.21. The minimum absolute atomic E-state index is 0.254. The number of ether oxygens (including phenoxy) is 2. The summed E-state index contributed by atoms with van der Waals surface area (Å²) in [6, 6.07) is 9.01. The van der Waals surface area contributed by atoms with E-state index in [1.807, 2.05) is 23.1 Å². The molecule has 1 aromatic rings. The molecule has 0 bridgehead atoms. The van der Waals surface area contributed by atoms with E-state index in [1.54, 1.807) is 17.0 Å². The van der Waals surface area contributed by atoms with Crippen LogP contribution in [0.2, 0.25) is 0 Å². The SMILES string of the molecule is COC(=O)CN1CCCN(C(=O)Oc2ccccc2)CC1. The van der Waals surface area contributed by atoms with E-state index in [2.05, 4.69) is 4.74 Å². The number of amides is 1. The molecule has 1 heterocycles. The number of carbonyl (C=O) groups is 2. The summed E-state index contributed by atoms with van der Waals surface area (Å²) in [4.78, 5) is 27.0. The fourth-order valence-corrected chi connectivity index (χ4v) is 2.21. The van der Waals surface area contributed by atoms with Crippen LogP contribution in [0.1, 0.15) is 6.42 Å². The molecule has 0 aliphatic carbocycles. The molecule has 1 saturated heterocycles. The maximum absolute atomic E-state index is 12.1. The standard InChI is InChI=1S/C15H20N2O4/c1-20-14(18)12-16-8-5-9-17(11-10-16)15(19)21-13-6-3-2-4-7-13/h2-4,6-7H,5,8-12H2,1H3. The number of para-hydroxylation sites is 1. The van der Waals surface area contributed by atoms with E-state index in [0.29, 0.717) is 25.4 Å². The normalized spacial score (nSPS) is 16.1. The zero-order valence-electron chi connectivity index (χ0n) is 12.2. The highest BCUT2D eigenvalue weighted by molar-refractivity contribution is 5.72. The second kappa shape index (κ2) is 7.64. The number of esters is 1. The quantitative estimate of drug-likeness (QED) is 0.787. The van der Waals surface area contributed by atoms with Crippen LogP contribution in [0.3, 0.4) is 0 Å². The van der Waals surface area contributed by atoms with Crippen LogP contribution in [0.4, 0.5) is 4.79 Å². The first-order chi connectivity index (χ1) is 10.2. The molecule has 0 saturated carbocycles. The molecule has 2 rings (SSSR count). The van der Waals surface area contributed by atoms with Crippen LogP contribution in [0, 0.1) is 0 Å². The van der Waals surface area contributed by atoms with Gasteiger partial charge in [0.05, 0.1) is 13.7 Å². The molecule has 0 unspecified atom stereocenters. The Morgan fingerprint density at radius 3 is 2.57 bits per heavy atom. The van der Waals surface area contributed by atoms with Crippen LogP contribution in [0.25, 0.3) is 0 Å². The van der Waals surface area contributed by atoms with Gasteiger partial charge in [-0.25, -0.2) is 4.79 Å². The number of hydrogen-bond donors (Lipinski definition) is 0. The predicted octanol–water partition coefficient (Wildman–Crippen LogP) is 1.37. The Hall–Kier alpha value is -2.08. The van der Waals surface area contributed by atoms with Gasteiger partial charge in [0.15, 0.2) is 0 Å². The first-order valence-corrected chi connectivity index (χ1v) is 7.00. The predicted molar refractivity (Wildman–Crippen MR) is 77.1 cm³/mol. The van der Waals surface area contributed by atoms with E-state index in [9.17, 15) is 9.59 Å². The lowest BCUT2D eigenvalue weighted by Crippen LogP contribution is -2.38. The van der Waals surface area contributed by atoms with Crippen molar-refractivity contribution < 1.29 is 19.1 Å². The summed E-state index contributed by atoms with van der Waals surface area (Å²) in [5, 5.41) is 0. The highest BCUT2D eigenvalue weighted by atomic mass is 16.6. The van der Waals surface area contributed by atoms with Crippen LogP contribution < -0.4 is 4.74 Å². The second-order valence-electron chi connectivity index (χ2n) is 4.87. The average molecular weight is 292 g/mol. The van der Waals surface area contributed by atoms with Crippen molar-refractivity contribution in [3.05, 3.63) is 30.3 Å². The molecule has 0 spiro atoms. The van der Waals surface area contributed by atoms with Gasteiger partial charge in [0, 0.05) is 26.2 Å². The van der Waals surface area contributed by atoms with E-state index < -0.39 is 0 Å². The number of benzene rings is 1. The molecule has 0 N–H and O–H groups in total. The summed E-state index contributed by atoms with van der Waals surface area (Å²) in [5.74, 6) is 0.286. The van der Waals surface area contributed by atoms with Gasteiger partial charge in [0.1, 0.15) is 5.75 Å². The second-order valence-corrected chi connectivity index (χ2v) is 4.87. The topological polar surface area (TPSA) is 59.1 Å². The molecule has 0 aromatic heterocycles. The van der Waals surface area contributed by atoms with Crippen LogP contribution in [0.15, 0.2) is 30.3 Å². The Bertz CT molecular complexity index is 478. The maximum atomic E-state index is 12.1. The first-order valence-electron chi connectivity index (χ1n) is 7.00. The van der Waals surface area contributed by atoms with Gasteiger partial charge in [0.2, 0.25) is 0 Å². The Kier molecular flexibility index (Phi) is 5.57. The first kappa shape index (κ1) is 15.3. The molecule has 21 heavy (non-hydrogen) atoms. The van der Waals surface area contributed by atoms with Gasteiger partial charge < -0.3 is 14.4 Å². The Morgan fingerprint density at radius 1 is 1.10 bits per heavy atom. The molecule has 6 nitrogen and oxygen atoms in total. The lowest BCUT2D eigenvalue weighted by atomic mass is 10.3. The van der Waals surface area contributed by atoms with E-state index in [1.165, 1.54) is 7.11 Å². The molecule has 1 fully saturated rings. The molecule has 6 heteroatoms. The Balaban J connectivity index is 1.84. The lowest BCUT2D eigenvalue weighted by Gasteiger charge is -2.20. The highest BCUT2D eigenvalue weighted by Gasteiger charge is 2.21. The third kappa shape index (κ3) is 4.75. The zero-order valence-corrected chi connectivity index (χ0v) is 12.2. The largest absolute Gasteiger partial charge is 0.468 e. The molecule has 114 valence electrons. The molecule has 0 radical (unpaired) electrons. The number of carbonyl (C=O) groups excluding carboxylic acids is 2. The molecular weight excluding hydrogens is 272 g/mol. The summed E-state index contributed by atoms with van der Waals surface area (Å²) in [7, 11) is 1.38. The number of rotatable bonds is 3. The van der Waals surface area contributed by atoms with E-state index in [4.69, 9.17) is 4.74 Å². The van der Waals surface area contributed by atoms with Gasteiger partial charge in [-0.05, 0) is 18.6 Å². The monoisotopic (exact) mass is 292 g/mol. The van der Waals surface area contributed by atoms with Gasteiger partial charge in [-0.3, -0.25) is 9.69 Å². The van der Waals surface area contributed by atoms with E-state index >= 15 is 0 Å². The fraction of sp³-hybridized carbons (Fsp3) is 0.467. The third-order valence-electron chi connectivity index (χ3n) is 3.38. The Morgan fingerprint density at radius 2 is 1.86 bits per heavy atom. The van der Waals surface area contributed by atoms with Crippen molar-refractivity contribution in [2.45, 2.75) is 6.42 Å². The van der Waals surface area contributed by atoms with Crippen molar-refractivity contribution in [3.8, 4) is 5.75 Å². The molecular formula is C15H20N2O4. The minimum atomic E-state index is -0.346. The maximum Gasteiger partial charge on any atom is 0.415 e. The highest BCUT2D eigenvalue weighted by Crippen LogP contribution is 2.11. The summed E-state index contributed by atoms with van der Waals surface area (Å²) in [6.07, 6.45) is 0.460. The lowest BCUT2D eigenvalue weighted by molar-refractivity contribution is -0.141.